The van der Waals surface area contributed by atoms with Crippen LogP contribution in [0.1, 0.15) is 16.1 Å². The largest absolute Gasteiger partial charge is 0.487 e. The van der Waals surface area contributed by atoms with Crippen molar-refractivity contribution in [2.24, 2.45) is 0 Å². The van der Waals surface area contributed by atoms with Gasteiger partial charge in [-0.1, -0.05) is 12.1 Å². The number of imidazole rings is 1. The van der Waals surface area contributed by atoms with Crippen molar-refractivity contribution in [1.82, 2.24) is 25.6 Å². The van der Waals surface area contributed by atoms with Crippen molar-refractivity contribution in [1.29, 1.82) is 0 Å². The highest BCUT2D eigenvalue weighted by Gasteiger charge is 2.08. The van der Waals surface area contributed by atoms with Gasteiger partial charge in [0.1, 0.15) is 18.0 Å². The van der Waals surface area contributed by atoms with E-state index in [-0.39, 0.29) is 6.61 Å². The Bertz CT molecular complexity index is 873. The van der Waals surface area contributed by atoms with Crippen LogP contribution in [0.15, 0.2) is 54.9 Å². The number of aromatic nitrogens is 2. The minimum Gasteiger partial charge on any atom is -0.487 e. The van der Waals surface area contributed by atoms with E-state index in [9.17, 15) is 9.59 Å². The Hall–Kier alpha value is -3.55. The number of hydrogen-bond donors (Lipinski definition) is 3. The van der Waals surface area contributed by atoms with Crippen molar-refractivity contribution in [3.8, 4) is 5.75 Å². The van der Waals surface area contributed by atoms with Crippen molar-refractivity contribution in [3.05, 3.63) is 66.1 Å². The number of hydrazine groups is 1. The molecule has 2 aromatic heterocycles. The highest BCUT2D eigenvalue weighted by Crippen LogP contribution is 2.15. The summed E-state index contributed by atoms with van der Waals surface area (Å²) in [5.41, 5.74) is 6.50. The zero-order valence-corrected chi connectivity index (χ0v) is 13.5. The number of carbonyl (C=O) groups excluding carboxylic acids is 2. The number of hydrogen-bond acceptors (Lipinski definition) is 4. The third kappa shape index (κ3) is 4.05. The predicted octanol–water partition coefficient (Wildman–Crippen LogP) is 1.49. The monoisotopic (exact) mass is 339 g/mol. The quantitative estimate of drug-likeness (QED) is 0.627. The number of benzene rings is 1. The normalized spacial score (nSPS) is 10.3. The first-order chi connectivity index (χ1) is 12.2. The van der Waals surface area contributed by atoms with E-state index >= 15 is 0 Å². The van der Waals surface area contributed by atoms with E-state index in [1.54, 1.807) is 24.3 Å². The van der Waals surface area contributed by atoms with Gasteiger partial charge >= 0.3 is 6.03 Å². The molecule has 0 saturated heterocycles. The fourth-order valence-corrected chi connectivity index (χ4v) is 2.19. The Balaban J connectivity index is 1.63. The first-order valence-corrected chi connectivity index (χ1v) is 7.59. The van der Waals surface area contributed by atoms with Crippen LogP contribution in [0.5, 0.6) is 5.75 Å². The summed E-state index contributed by atoms with van der Waals surface area (Å²) in [6.45, 7) is 0.281. The van der Waals surface area contributed by atoms with Gasteiger partial charge in [-0.15, -0.1) is 0 Å². The molecule has 0 aliphatic carbocycles. The van der Waals surface area contributed by atoms with Gasteiger partial charge in [0.2, 0.25) is 0 Å². The lowest BCUT2D eigenvalue weighted by Crippen LogP contribution is -2.45. The van der Waals surface area contributed by atoms with Gasteiger partial charge in [0.15, 0.2) is 0 Å². The molecule has 0 fully saturated rings. The molecule has 2 heterocycles. The zero-order valence-electron chi connectivity index (χ0n) is 13.5. The molecule has 8 heteroatoms. The first kappa shape index (κ1) is 16.3. The van der Waals surface area contributed by atoms with Gasteiger partial charge in [0, 0.05) is 25.0 Å². The molecule has 0 atom stereocenters. The average Bonchev–Trinajstić information content (AvgIpc) is 3.07. The Morgan fingerprint density at radius 3 is 2.84 bits per heavy atom. The number of urea groups is 1. The number of rotatable bonds is 4. The zero-order chi connectivity index (χ0) is 17.6. The average molecular weight is 339 g/mol. The molecule has 0 bridgehead atoms. The molecule has 128 valence electrons. The molecule has 0 saturated carbocycles. The van der Waals surface area contributed by atoms with Crippen LogP contribution in [0.3, 0.4) is 0 Å². The van der Waals surface area contributed by atoms with Gasteiger partial charge in [-0.25, -0.2) is 15.2 Å². The Morgan fingerprint density at radius 1 is 1.16 bits per heavy atom. The van der Waals surface area contributed by atoms with Crippen molar-refractivity contribution in [3.63, 3.8) is 0 Å². The maximum absolute atomic E-state index is 12.0. The smallest absolute Gasteiger partial charge is 0.333 e. The van der Waals surface area contributed by atoms with E-state index in [0.29, 0.717) is 11.3 Å². The van der Waals surface area contributed by atoms with Crippen LogP contribution < -0.4 is 20.9 Å². The Kier molecular flexibility index (Phi) is 4.79. The third-order valence-electron chi connectivity index (χ3n) is 3.41. The van der Waals surface area contributed by atoms with Gasteiger partial charge in [-0.05, 0) is 30.3 Å². The summed E-state index contributed by atoms with van der Waals surface area (Å²) in [4.78, 5) is 27.5. The van der Waals surface area contributed by atoms with Gasteiger partial charge in [0.05, 0.1) is 5.69 Å². The van der Waals surface area contributed by atoms with E-state index < -0.39 is 11.9 Å². The maximum Gasteiger partial charge on any atom is 0.333 e. The van der Waals surface area contributed by atoms with Crippen LogP contribution in [0.25, 0.3) is 5.65 Å². The van der Waals surface area contributed by atoms with Crippen LogP contribution in [-0.2, 0) is 6.61 Å². The molecule has 3 amide bonds. The molecular weight excluding hydrogens is 322 g/mol. The van der Waals surface area contributed by atoms with E-state index in [1.807, 2.05) is 35.0 Å². The molecule has 0 spiro atoms. The SMILES string of the molecule is CNC(=O)NNC(=O)c1cccc(OCc2cn3ccccc3n2)c1. The molecule has 3 aromatic rings. The number of nitrogens with one attached hydrogen (secondary N) is 3. The molecule has 3 N–H and O–H groups in total. The molecule has 3 rings (SSSR count). The second kappa shape index (κ2) is 7.35. The highest BCUT2D eigenvalue weighted by molar-refractivity contribution is 5.95. The van der Waals surface area contributed by atoms with Crippen molar-refractivity contribution in [2.75, 3.05) is 7.05 Å². The lowest BCUT2D eigenvalue weighted by Gasteiger charge is -2.08. The van der Waals surface area contributed by atoms with Crippen LogP contribution in [-0.4, -0.2) is 28.4 Å². The summed E-state index contributed by atoms with van der Waals surface area (Å²) in [6, 6.07) is 11.9. The molecule has 0 radical (unpaired) electrons. The number of ether oxygens (including phenoxy) is 1. The summed E-state index contributed by atoms with van der Waals surface area (Å²) in [6.07, 6.45) is 3.80. The topological polar surface area (TPSA) is 96.8 Å². The fraction of sp³-hybridized carbons (Fsp3) is 0.118. The summed E-state index contributed by atoms with van der Waals surface area (Å²) < 4.78 is 7.61. The first-order valence-electron chi connectivity index (χ1n) is 7.59. The molecule has 25 heavy (non-hydrogen) atoms. The lowest BCUT2D eigenvalue weighted by atomic mass is 10.2. The summed E-state index contributed by atoms with van der Waals surface area (Å²) >= 11 is 0. The number of pyridine rings is 1. The second-order valence-corrected chi connectivity index (χ2v) is 5.17. The molecule has 0 unspecified atom stereocenters. The third-order valence-corrected chi connectivity index (χ3v) is 3.41. The number of amides is 3. The molecule has 0 aliphatic rings. The van der Waals surface area contributed by atoms with Gasteiger partial charge < -0.3 is 14.5 Å². The van der Waals surface area contributed by atoms with Crippen molar-refractivity contribution in [2.45, 2.75) is 6.61 Å². The van der Waals surface area contributed by atoms with Crippen molar-refractivity contribution >= 4 is 17.6 Å². The lowest BCUT2D eigenvalue weighted by molar-refractivity contribution is 0.0936. The molecule has 0 aliphatic heterocycles. The number of carbonyl (C=O) groups is 2. The van der Waals surface area contributed by atoms with Gasteiger partial charge in [-0.3, -0.25) is 10.2 Å². The maximum atomic E-state index is 12.0. The summed E-state index contributed by atoms with van der Waals surface area (Å²) in [5, 5.41) is 2.33. The van der Waals surface area contributed by atoms with Crippen molar-refractivity contribution < 1.29 is 14.3 Å². The standard InChI is InChI=1S/C17H17N5O3/c1-18-17(24)21-20-16(23)12-5-4-6-14(9-12)25-11-13-10-22-8-3-2-7-15(22)19-13/h2-10H,11H2,1H3,(H,20,23)(H2,18,21,24). The van der Waals surface area contributed by atoms with Crippen LogP contribution in [0.2, 0.25) is 0 Å². The summed E-state index contributed by atoms with van der Waals surface area (Å²) in [5.74, 6) is 0.0893. The number of nitrogens with zero attached hydrogens (tertiary/aromatic N) is 2. The van der Waals surface area contributed by atoms with E-state index in [1.165, 1.54) is 7.05 Å². The van der Waals surface area contributed by atoms with Crippen LogP contribution in [0.4, 0.5) is 4.79 Å². The van der Waals surface area contributed by atoms with E-state index in [0.717, 1.165) is 11.3 Å². The van der Waals surface area contributed by atoms with E-state index in [4.69, 9.17) is 4.74 Å². The molecule has 8 nitrogen and oxygen atoms in total. The Labute approximate surface area is 143 Å². The Morgan fingerprint density at radius 2 is 2.04 bits per heavy atom. The van der Waals surface area contributed by atoms with E-state index in [2.05, 4.69) is 21.2 Å². The van der Waals surface area contributed by atoms with Crippen LogP contribution in [0, 0.1) is 0 Å². The second-order valence-electron chi connectivity index (χ2n) is 5.17. The molecule has 1 aromatic carbocycles. The number of fused-ring (bicyclic) bond motifs is 1. The predicted molar refractivity (Wildman–Crippen MR) is 91.0 cm³/mol. The van der Waals surface area contributed by atoms with Crippen LogP contribution >= 0.6 is 0 Å². The minimum absolute atomic E-state index is 0.281. The highest BCUT2D eigenvalue weighted by atomic mass is 16.5. The minimum atomic E-state index is -0.507. The van der Waals surface area contributed by atoms with Gasteiger partial charge in [0.25, 0.3) is 5.91 Å². The summed E-state index contributed by atoms with van der Waals surface area (Å²) in [7, 11) is 1.45. The fourth-order valence-electron chi connectivity index (χ4n) is 2.19. The molecular formula is C17H17N5O3. The van der Waals surface area contributed by atoms with Gasteiger partial charge in [-0.2, -0.15) is 0 Å².